The maximum Gasteiger partial charge on any atom is 0.446 e. The van der Waals surface area contributed by atoms with Gasteiger partial charge in [0.15, 0.2) is 0 Å². The predicted octanol–water partition coefficient (Wildman–Crippen LogP) is 3.82. The van der Waals surface area contributed by atoms with Gasteiger partial charge in [-0.3, -0.25) is 0 Å². The molecular formula is C14H19F3N2O2S. The number of benzene rings is 1. The molecule has 0 aliphatic carbocycles. The van der Waals surface area contributed by atoms with Crippen LogP contribution < -0.4 is 11.1 Å². The monoisotopic (exact) mass is 336 g/mol. The first-order valence-corrected chi connectivity index (χ1v) is 7.36. The minimum absolute atomic E-state index is 0.0534. The Labute approximate surface area is 131 Å². The number of hydrogen-bond acceptors (Lipinski definition) is 4. The number of nitrogens with one attached hydrogen (secondary N) is 1. The zero-order chi connectivity index (χ0) is 17.0. The molecule has 0 saturated carbocycles. The van der Waals surface area contributed by atoms with Crippen molar-refractivity contribution in [3.63, 3.8) is 0 Å². The van der Waals surface area contributed by atoms with Gasteiger partial charge in [-0.05, 0) is 50.2 Å². The molecule has 0 saturated heterocycles. The zero-order valence-corrected chi connectivity index (χ0v) is 13.3. The standard InChI is InChI=1S/C14H19F3N2O2S/c1-13(2,3)21-12(20)19-8-11(18)9-5-4-6-10(7-9)22-14(15,16)17/h4-7,11H,8,18H2,1-3H3,(H,19,20). The molecule has 0 spiro atoms. The average molecular weight is 336 g/mol. The molecule has 0 bridgehead atoms. The highest BCUT2D eigenvalue weighted by Crippen LogP contribution is 2.37. The molecule has 0 aliphatic heterocycles. The van der Waals surface area contributed by atoms with Gasteiger partial charge >= 0.3 is 11.6 Å². The lowest BCUT2D eigenvalue weighted by atomic mass is 10.1. The lowest BCUT2D eigenvalue weighted by Gasteiger charge is -2.21. The molecule has 22 heavy (non-hydrogen) atoms. The second kappa shape index (κ2) is 7.23. The topological polar surface area (TPSA) is 64.3 Å². The van der Waals surface area contributed by atoms with Crippen molar-refractivity contribution in [2.45, 2.75) is 42.8 Å². The fraction of sp³-hybridized carbons (Fsp3) is 0.500. The summed E-state index contributed by atoms with van der Waals surface area (Å²) < 4.78 is 42.1. The van der Waals surface area contributed by atoms with E-state index < -0.39 is 23.2 Å². The number of rotatable bonds is 4. The molecule has 3 N–H and O–H groups in total. The van der Waals surface area contributed by atoms with Crippen LogP contribution in [0.3, 0.4) is 0 Å². The summed E-state index contributed by atoms with van der Waals surface area (Å²) in [5.41, 5.74) is 1.41. The molecule has 0 aromatic heterocycles. The number of ether oxygens (including phenoxy) is 1. The molecule has 0 heterocycles. The first kappa shape index (κ1) is 18.6. The zero-order valence-electron chi connectivity index (χ0n) is 12.5. The van der Waals surface area contributed by atoms with Crippen molar-refractivity contribution in [1.29, 1.82) is 0 Å². The maximum absolute atomic E-state index is 12.3. The van der Waals surface area contributed by atoms with Gasteiger partial charge in [-0.2, -0.15) is 13.2 Å². The van der Waals surface area contributed by atoms with Gasteiger partial charge in [0.05, 0.1) is 0 Å². The van der Waals surface area contributed by atoms with Gasteiger partial charge in [-0.25, -0.2) is 4.79 Å². The average Bonchev–Trinajstić information content (AvgIpc) is 2.32. The Morgan fingerprint density at radius 1 is 1.36 bits per heavy atom. The van der Waals surface area contributed by atoms with Crippen molar-refractivity contribution in [2.24, 2.45) is 5.73 Å². The maximum atomic E-state index is 12.3. The van der Waals surface area contributed by atoms with Gasteiger partial charge in [0.25, 0.3) is 0 Å². The summed E-state index contributed by atoms with van der Waals surface area (Å²) in [7, 11) is 0. The SMILES string of the molecule is CC(C)(C)OC(=O)NCC(N)c1cccc(SC(F)(F)F)c1. The highest BCUT2D eigenvalue weighted by molar-refractivity contribution is 8.00. The summed E-state index contributed by atoms with van der Waals surface area (Å²) in [6, 6.07) is 5.20. The number of alkyl halides is 3. The van der Waals surface area contributed by atoms with E-state index in [1.54, 1.807) is 26.8 Å². The summed E-state index contributed by atoms with van der Waals surface area (Å²) >= 11 is -0.203. The summed E-state index contributed by atoms with van der Waals surface area (Å²) in [6.07, 6.45) is -0.622. The Kier molecular flexibility index (Phi) is 6.13. The van der Waals surface area contributed by atoms with Gasteiger partial charge in [-0.1, -0.05) is 12.1 Å². The van der Waals surface area contributed by atoms with Crippen molar-refractivity contribution in [2.75, 3.05) is 6.54 Å². The van der Waals surface area contributed by atoms with Gasteiger partial charge in [0.2, 0.25) is 0 Å². The van der Waals surface area contributed by atoms with Crippen LogP contribution in [0.5, 0.6) is 0 Å². The molecule has 0 radical (unpaired) electrons. The highest BCUT2D eigenvalue weighted by atomic mass is 32.2. The molecule has 1 amide bonds. The number of carbonyl (C=O) groups excluding carboxylic acids is 1. The van der Waals surface area contributed by atoms with Crippen LogP contribution in [-0.2, 0) is 4.74 Å². The largest absolute Gasteiger partial charge is 0.446 e. The fourth-order valence-corrected chi connectivity index (χ4v) is 2.18. The van der Waals surface area contributed by atoms with E-state index in [-0.39, 0.29) is 23.2 Å². The first-order valence-electron chi connectivity index (χ1n) is 6.54. The lowest BCUT2D eigenvalue weighted by Crippen LogP contribution is -2.36. The smallest absolute Gasteiger partial charge is 0.444 e. The van der Waals surface area contributed by atoms with Crippen LogP contribution >= 0.6 is 11.8 Å². The van der Waals surface area contributed by atoms with Gasteiger partial charge in [0.1, 0.15) is 5.60 Å². The van der Waals surface area contributed by atoms with E-state index in [2.05, 4.69) is 5.32 Å². The van der Waals surface area contributed by atoms with E-state index >= 15 is 0 Å². The van der Waals surface area contributed by atoms with Crippen LogP contribution in [0.4, 0.5) is 18.0 Å². The molecule has 1 aromatic carbocycles. The van der Waals surface area contributed by atoms with E-state index in [1.807, 2.05) is 0 Å². The molecule has 1 unspecified atom stereocenters. The van der Waals surface area contributed by atoms with Crippen molar-refractivity contribution in [3.8, 4) is 0 Å². The molecule has 4 nitrogen and oxygen atoms in total. The van der Waals surface area contributed by atoms with Crippen LogP contribution in [0, 0.1) is 0 Å². The van der Waals surface area contributed by atoms with Crippen LogP contribution in [0.15, 0.2) is 29.2 Å². The van der Waals surface area contributed by atoms with E-state index in [9.17, 15) is 18.0 Å². The summed E-state index contributed by atoms with van der Waals surface area (Å²) in [4.78, 5) is 11.6. The number of thioether (sulfide) groups is 1. The van der Waals surface area contributed by atoms with Crippen molar-refractivity contribution >= 4 is 17.9 Å². The van der Waals surface area contributed by atoms with E-state index in [0.717, 1.165) is 0 Å². The first-order chi connectivity index (χ1) is 9.96. The Morgan fingerprint density at radius 3 is 2.55 bits per heavy atom. The number of carbonyl (C=O) groups is 1. The van der Waals surface area contributed by atoms with Crippen molar-refractivity contribution in [3.05, 3.63) is 29.8 Å². The molecule has 0 aliphatic rings. The van der Waals surface area contributed by atoms with Gasteiger partial charge < -0.3 is 15.8 Å². The number of amides is 1. The Hall–Kier alpha value is -1.41. The predicted molar refractivity (Wildman–Crippen MR) is 79.5 cm³/mol. The van der Waals surface area contributed by atoms with Crippen LogP contribution in [-0.4, -0.2) is 23.7 Å². The molecule has 124 valence electrons. The lowest BCUT2D eigenvalue weighted by molar-refractivity contribution is -0.0328. The Bertz CT molecular complexity index is 516. The van der Waals surface area contributed by atoms with Crippen LogP contribution in [0.25, 0.3) is 0 Å². The third kappa shape index (κ3) is 7.56. The third-order valence-electron chi connectivity index (χ3n) is 2.39. The molecule has 1 atom stereocenters. The quantitative estimate of drug-likeness (QED) is 0.821. The molecule has 0 fully saturated rings. The second-order valence-corrected chi connectivity index (χ2v) is 6.75. The van der Waals surface area contributed by atoms with Crippen molar-refractivity contribution < 1.29 is 22.7 Å². The highest BCUT2D eigenvalue weighted by Gasteiger charge is 2.29. The molecule has 1 aromatic rings. The minimum Gasteiger partial charge on any atom is -0.444 e. The summed E-state index contributed by atoms with van der Waals surface area (Å²) in [6.45, 7) is 5.24. The Morgan fingerprint density at radius 2 is 2.00 bits per heavy atom. The number of halogens is 3. The van der Waals surface area contributed by atoms with Gasteiger partial charge in [0, 0.05) is 17.5 Å². The van der Waals surface area contributed by atoms with E-state index in [4.69, 9.17) is 10.5 Å². The van der Waals surface area contributed by atoms with E-state index in [0.29, 0.717) is 5.56 Å². The molecule has 1 rings (SSSR count). The number of nitrogens with two attached hydrogens (primary N) is 1. The third-order valence-corrected chi connectivity index (χ3v) is 3.11. The second-order valence-electron chi connectivity index (χ2n) is 5.61. The van der Waals surface area contributed by atoms with Crippen LogP contribution in [0.1, 0.15) is 32.4 Å². The van der Waals surface area contributed by atoms with Crippen molar-refractivity contribution in [1.82, 2.24) is 5.32 Å². The van der Waals surface area contributed by atoms with E-state index in [1.165, 1.54) is 18.2 Å². The molecular weight excluding hydrogens is 317 g/mol. The Balaban J connectivity index is 2.61. The number of alkyl carbamates (subject to hydrolysis) is 1. The van der Waals surface area contributed by atoms with Gasteiger partial charge in [-0.15, -0.1) is 0 Å². The summed E-state index contributed by atoms with van der Waals surface area (Å²) in [5.74, 6) is 0. The molecule has 8 heteroatoms. The minimum atomic E-state index is -4.35. The fourth-order valence-electron chi connectivity index (χ4n) is 1.57. The normalized spacial score (nSPS) is 13.6. The van der Waals surface area contributed by atoms with Crippen LogP contribution in [0.2, 0.25) is 0 Å². The summed E-state index contributed by atoms with van der Waals surface area (Å²) in [5, 5.41) is 2.49. The number of hydrogen-bond donors (Lipinski definition) is 2.